The normalized spacial score (nSPS) is 12.3. The summed E-state index contributed by atoms with van der Waals surface area (Å²) in [5.74, 6) is 0.889. The second-order valence-corrected chi connectivity index (χ2v) is 6.02. The van der Waals surface area contributed by atoms with E-state index in [1.54, 1.807) is 13.8 Å². The molecule has 0 N–H and O–H groups in total. The summed E-state index contributed by atoms with van der Waals surface area (Å²) < 4.78 is 12.0. The lowest BCUT2D eigenvalue weighted by Gasteiger charge is -2.21. The Hall–Kier alpha value is -0.780. The molecule has 0 heterocycles. The summed E-state index contributed by atoms with van der Waals surface area (Å²) in [4.78, 5) is 11.7. The molecule has 0 unspecified atom stereocenters. The summed E-state index contributed by atoms with van der Waals surface area (Å²) >= 11 is 2.35. The number of hydrogen-bond acceptors (Lipinski definition) is 3. The zero-order valence-corrected chi connectivity index (χ0v) is 14.8. The maximum absolute atomic E-state index is 11.7. The first-order valence-corrected chi connectivity index (χ1v) is 8.54. The molecule has 3 nitrogen and oxygen atoms in total. The van der Waals surface area contributed by atoms with Gasteiger partial charge in [0.2, 0.25) is 0 Å². The minimum absolute atomic E-state index is 0.313. The molecular formula is C16H23IO3. The van der Waals surface area contributed by atoms with Gasteiger partial charge in [0.25, 0.3) is 0 Å². The smallest absolute Gasteiger partial charge is 0.347 e. The maximum Gasteiger partial charge on any atom is 0.347 e. The molecule has 1 atom stereocenters. The minimum Gasteiger partial charge on any atom is -0.478 e. The average Bonchev–Trinajstić information content (AvgIpc) is 2.40. The van der Waals surface area contributed by atoms with Crippen molar-refractivity contribution in [3.63, 3.8) is 0 Å². The molecule has 0 saturated heterocycles. The van der Waals surface area contributed by atoms with Gasteiger partial charge >= 0.3 is 5.97 Å². The van der Waals surface area contributed by atoms with Gasteiger partial charge in [-0.15, -0.1) is 0 Å². The van der Waals surface area contributed by atoms with Crippen LogP contribution in [0, 0.1) is 0 Å². The zero-order chi connectivity index (χ0) is 15.1. The number of aryl methyl sites for hydroxylation is 1. The molecule has 1 aromatic carbocycles. The summed E-state index contributed by atoms with van der Waals surface area (Å²) in [6, 6.07) is 6.19. The van der Waals surface area contributed by atoms with Crippen molar-refractivity contribution in [3.8, 4) is 5.75 Å². The van der Waals surface area contributed by atoms with Crippen molar-refractivity contribution in [2.75, 3.05) is 11.0 Å². The first-order chi connectivity index (χ1) is 9.51. The van der Waals surface area contributed by atoms with Gasteiger partial charge in [-0.2, -0.15) is 0 Å². The number of esters is 1. The molecule has 112 valence electrons. The molecule has 0 aliphatic carbocycles. The van der Waals surface area contributed by atoms with Gasteiger partial charge < -0.3 is 9.47 Å². The molecule has 0 aromatic heterocycles. The highest BCUT2D eigenvalue weighted by molar-refractivity contribution is 14.1. The Morgan fingerprint density at radius 2 is 2.00 bits per heavy atom. The Balaban J connectivity index is 3.03. The minimum atomic E-state index is -0.581. The van der Waals surface area contributed by atoms with Crippen LogP contribution in [0.2, 0.25) is 0 Å². The Morgan fingerprint density at radius 3 is 2.55 bits per heavy atom. The molecule has 0 aliphatic rings. The second-order valence-electron chi connectivity index (χ2n) is 4.94. The molecule has 1 rings (SSSR count). The van der Waals surface area contributed by atoms with E-state index in [4.69, 9.17) is 9.47 Å². The fraction of sp³-hybridized carbons (Fsp3) is 0.562. The molecule has 0 saturated carbocycles. The SMILES string of the molecule is CCOC(=O)[C@@H](C)Oc1c(CCI)cccc1C(C)C. The van der Waals surface area contributed by atoms with E-state index in [9.17, 15) is 4.79 Å². The number of rotatable bonds is 7. The Kier molecular flexibility index (Phi) is 7.34. The third kappa shape index (κ3) is 4.65. The first kappa shape index (κ1) is 17.3. The van der Waals surface area contributed by atoms with Gasteiger partial charge in [0.05, 0.1) is 6.61 Å². The molecular weight excluding hydrogens is 367 g/mol. The summed E-state index contributed by atoms with van der Waals surface area (Å²) in [6.45, 7) is 8.17. The maximum atomic E-state index is 11.7. The van der Waals surface area contributed by atoms with Crippen LogP contribution in [0.4, 0.5) is 0 Å². The fourth-order valence-corrected chi connectivity index (χ4v) is 2.57. The molecule has 0 radical (unpaired) electrons. The molecule has 0 spiro atoms. The van der Waals surface area contributed by atoms with Crippen LogP contribution in [-0.4, -0.2) is 23.1 Å². The van der Waals surface area contributed by atoms with E-state index in [-0.39, 0.29) is 5.97 Å². The number of alkyl halides is 1. The number of carbonyl (C=O) groups excluding carboxylic acids is 1. The van der Waals surface area contributed by atoms with Crippen molar-refractivity contribution in [2.45, 2.75) is 46.1 Å². The number of benzene rings is 1. The fourth-order valence-electron chi connectivity index (χ4n) is 1.99. The Bertz CT molecular complexity index is 443. The third-order valence-corrected chi connectivity index (χ3v) is 3.57. The van der Waals surface area contributed by atoms with E-state index in [2.05, 4.69) is 54.6 Å². The predicted octanol–water partition coefficient (Wildman–Crippen LogP) is 4.12. The van der Waals surface area contributed by atoms with Crippen molar-refractivity contribution >= 4 is 28.6 Å². The molecule has 0 bridgehead atoms. The van der Waals surface area contributed by atoms with E-state index >= 15 is 0 Å². The Labute approximate surface area is 135 Å². The van der Waals surface area contributed by atoms with Crippen molar-refractivity contribution in [3.05, 3.63) is 29.3 Å². The van der Waals surface area contributed by atoms with Crippen LogP contribution in [0.5, 0.6) is 5.75 Å². The number of hydrogen-bond donors (Lipinski definition) is 0. The monoisotopic (exact) mass is 390 g/mol. The van der Waals surface area contributed by atoms with Crippen LogP contribution in [0.3, 0.4) is 0 Å². The zero-order valence-electron chi connectivity index (χ0n) is 12.6. The van der Waals surface area contributed by atoms with Gasteiger partial charge in [-0.3, -0.25) is 0 Å². The van der Waals surface area contributed by atoms with E-state index in [0.717, 1.165) is 27.7 Å². The van der Waals surface area contributed by atoms with Crippen LogP contribution >= 0.6 is 22.6 Å². The van der Waals surface area contributed by atoms with Crippen molar-refractivity contribution in [1.29, 1.82) is 0 Å². The van der Waals surface area contributed by atoms with Gasteiger partial charge in [-0.05, 0) is 37.3 Å². The van der Waals surface area contributed by atoms with Gasteiger partial charge in [0.15, 0.2) is 6.10 Å². The van der Waals surface area contributed by atoms with Crippen molar-refractivity contribution < 1.29 is 14.3 Å². The molecule has 0 amide bonds. The van der Waals surface area contributed by atoms with Gasteiger partial charge in [-0.1, -0.05) is 54.6 Å². The molecule has 1 aromatic rings. The predicted molar refractivity (Wildman–Crippen MR) is 89.8 cm³/mol. The van der Waals surface area contributed by atoms with E-state index < -0.39 is 6.10 Å². The van der Waals surface area contributed by atoms with E-state index in [1.165, 1.54) is 0 Å². The van der Waals surface area contributed by atoms with Crippen LogP contribution in [0.15, 0.2) is 18.2 Å². The lowest BCUT2D eigenvalue weighted by molar-refractivity contribution is -0.150. The molecule has 4 heteroatoms. The highest BCUT2D eigenvalue weighted by Crippen LogP contribution is 2.31. The van der Waals surface area contributed by atoms with Crippen molar-refractivity contribution in [2.24, 2.45) is 0 Å². The van der Waals surface area contributed by atoms with Crippen LogP contribution in [0.25, 0.3) is 0 Å². The largest absolute Gasteiger partial charge is 0.478 e. The molecule has 0 aliphatic heterocycles. The number of ether oxygens (including phenoxy) is 2. The number of para-hydroxylation sites is 1. The number of carbonyl (C=O) groups is 1. The van der Waals surface area contributed by atoms with E-state index in [1.807, 2.05) is 0 Å². The summed E-state index contributed by atoms with van der Waals surface area (Å²) in [6.07, 6.45) is 0.356. The van der Waals surface area contributed by atoms with Crippen LogP contribution in [0.1, 0.15) is 44.7 Å². The summed E-state index contributed by atoms with van der Waals surface area (Å²) in [5.41, 5.74) is 2.30. The molecule has 0 fully saturated rings. The average molecular weight is 390 g/mol. The second kappa shape index (κ2) is 8.49. The van der Waals surface area contributed by atoms with E-state index in [0.29, 0.717) is 12.5 Å². The topological polar surface area (TPSA) is 35.5 Å². The highest BCUT2D eigenvalue weighted by atomic mass is 127. The van der Waals surface area contributed by atoms with Gasteiger partial charge in [-0.25, -0.2) is 4.79 Å². The number of halogens is 1. The highest BCUT2D eigenvalue weighted by Gasteiger charge is 2.20. The van der Waals surface area contributed by atoms with Crippen LogP contribution < -0.4 is 4.74 Å². The lowest BCUT2D eigenvalue weighted by Crippen LogP contribution is -2.27. The summed E-state index contributed by atoms with van der Waals surface area (Å²) in [5, 5.41) is 0. The molecule has 20 heavy (non-hydrogen) atoms. The van der Waals surface area contributed by atoms with Crippen LogP contribution in [-0.2, 0) is 16.0 Å². The Morgan fingerprint density at radius 1 is 1.30 bits per heavy atom. The first-order valence-electron chi connectivity index (χ1n) is 7.02. The quantitative estimate of drug-likeness (QED) is 0.399. The van der Waals surface area contributed by atoms with Gasteiger partial charge in [0, 0.05) is 4.43 Å². The third-order valence-electron chi connectivity index (χ3n) is 3.03. The lowest BCUT2D eigenvalue weighted by atomic mass is 9.98. The van der Waals surface area contributed by atoms with Gasteiger partial charge in [0.1, 0.15) is 5.75 Å². The van der Waals surface area contributed by atoms with Crippen molar-refractivity contribution in [1.82, 2.24) is 0 Å². The summed E-state index contributed by atoms with van der Waals surface area (Å²) in [7, 11) is 0. The standard InChI is InChI=1S/C16H23IO3/c1-5-19-16(18)12(4)20-15-13(9-10-17)7-6-8-14(15)11(2)3/h6-8,11-12H,5,9-10H2,1-4H3/t12-/m1/s1.